The van der Waals surface area contributed by atoms with Crippen molar-refractivity contribution < 1.29 is 24.6 Å². The third-order valence-electron chi connectivity index (χ3n) is 4.56. The second kappa shape index (κ2) is 10.2. The monoisotopic (exact) mass is 455 g/mol. The number of aromatic amines is 1. The summed E-state index contributed by atoms with van der Waals surface area (Å²) >= 11 is 0. The van der Waals surface area contributed by atoms with Crippen molar-refractivity contribution in [2.75, 3.05) is 11.1 Å². The summed E-state index contributed by atoms with van der Waals surface area (Å²) < 4.78 is 0. The summed E-state index contributed by atoms with van der Waals surface area (Å²) in [5.74, 6) is -3.00. The maximum Gasteiger partial charge on any atom is 0.326 e. The zero-order chi connectivity index (χ0) is 24.0. The van der Waals surface area contributed by atoms with Crippen LogP contribution in [0.5, 0.6) is 0 Å². The minimum atomic E-state index is -1.29. The van der Waals surface area contributed by atoms with E-state index in [-0.39, 0.29) is 42.9 Å². The number of anilines is 2. The number of carboxylic acid groups (broad SMARTS) is 2. The number of nitrogens with two attached hydrogens (primary N) is 1. The van der Waals surface area contributed by atoms with Crippen molar-refractivity contribution in [1.82, 2.24) is 25.3 Å². The van der Waals surface area contributed by atoms with Gasteiger partial charge in [-0.1, -0.05) is 12.1 Å². The average molecular weight is 455 g/mol. The number of nitrogens with one attached hydrogen (secondary N) is 3. The molecule has 0 unspecified atom stereocenters. The van der Waals surface area contributed by atoms with E-state index in [2.05, 4.69) is 30.6 Å². The fourth-order valence-corrected chi connectivity index (χ4v) is 2.95. The highest BCUT2D eigenvalue weighted by Crippen LogP contribution is 2.12. The molecule has 0 aliphatic carbocycles. The summed E-state index contributed by atoms with van der Waals surface area (Å²) in [6.07, 6.45) is 0.847. The summed E-state index contributed by atoms with van der Waals surface area (Å²) in [6, 6.07) is 5.57. The highest BCUT2D eigenvalue weighted by atomic mass is 16.4. The van der Waals surface area contributed by atoms with Gasteiger partial charge in [-0.15, -0.1) is 0 Å². The first kappa shape index (κ1) is 23.1. The molecule has 2 aromatic heterocycles. The fourth-order valence-electron chi connectivity index (χ4n) is 2.95. The molecule has 1 amide bonds. The Labute approximate surface area is 186 Å². The quantitative estimate of drug-likeness (QED) is 0.237. The van der Waals surface area contributed by atoms with Gasteiger partial charge >= 0.3 is 11.9 Å². The highest BCUT2D eigenvalue weighted by Gasteiger charge is 2.21. The van der Waals surface area contributed by atoms with Gasteiger partial charge in [0.15, 0.2) is 11.2 Å². The van der Waals surface area contributed by atoms with E-state index in [9.17, 15) is 19.2 Å². The molecule has 3 aromatic rings. The predicted molar refractivity (Wildman–Crippen MR) is 116 cm³/mol. The molecular weight excluding hydrogens is 434 g/mol. The van der Waals surface area contributed by atoms with E-state index < -0.39 is 29.4 Å². The number of carboxylic acids is 2. The fraction of sp³-hybridized carbons (Fsp3) is 0.250. The van der Waals surface area contributed by atoms with Crippen LogP contribution in [-0.4, -0.2) is 54.0 Å². The summed E-state index contributed by atoms with van der Waals surface area (Å²) in [4.78, 5) is 60.5. The number of fused-ring (bicyclic) bond motifs is 1. The molecule has 0 saturated heterocycles. The summed E-state index contributed by atoms with van der Waals surface area (Å²) in [6.45, 7) is 0.274. The van der Waals surface area contributed by atoms with Gasteiger partial charge in [0.2, 0.25) is 11.9 Å². The van der Waals surface area contributed by atoms with Crippen molar-refractivity contribution in [2.45, 2.75) is 31.8 Å². The Bertz CT molecular complexity index is 1240. The topological polar surface area (TPSA) is 213 Å². The number of carbonyl (C=O) groups excluding carboxylic acids is 1. The Hall–Kier alpha value is -4.55. The zero-order valence-corrected chi connectivity index (χ0v) is 17.2. The van der Waals surface area contributed by atoms with E-state index in [1.807, 2.05) is 0 Å². The number of hydrogen-bond donors (Lipinski definition) is 6. The van der Waals surface area contributed by atoms with Crippen LogP contribution in [-0.2, 0) is 27.3 Å². The Morgan fingerprint density at radius 2 is 1.85 bits per heavy atom. The molecule has 1 atom stereocenters. The summed E-state index contributed by atoms with van der Waals surface area (Å²) in [7, 11) is 0. The van der Waals surface area contributed by atoms with E-state index in [0.29, 0.717) is 11.3 Å². The molecule has 0 aliphatic heterocycles. The van der Waals surface area contributed by atoms with Gasteiger partial charge in [-0.2, -0.15) is 4.98 Å². The van der Waals surface area contributed by atoms with E-state index >= 15 is 0 Å². The number of H-pyrrole nitrogens is 1. The van der Waals surface area contributed by atoms with Crippen molar-refractivity contribution in [3.63, 3.8) is 0 Å². The van der Waals surface area contributed by atoms with Crippen LogP contribution in [0.3, 0.4) is 0 Å². The second-order valence-corrected chi connectivity index (χ2v) is 7.10. The Morgan fingerprint density at radius 1 is 1.12 bits per heavy atom. The smallest absolute Gasteiger partial charge is 0.326 e. The van der Waals surface area contributed by atoms with Crippen molar-refractivity contribution in [2.24, 2.45) is 0 Å². The number of nitrogens with zero attached hydrogens (tertiary/aromatic N) is 3. The van der Waals surface area contributed by atoms with Crippen molar-refractivity contribution >= 4 is 40.6 Å². The van der Waals surface area contributed by atoms with Gasteiger partial charge in [-0.25, -0.2) is 14.8 Å². The number of benzene rings is 1. The molecule has 1 aromatic carbocycles. The highest BCUT2D eigenvalue weighted by molar-refractivity contribution is 5.85. The van der Waals surface area contributed by atoms with Crippen LogP contribution in [0.15, 0.2) is 35.3 Å². The summed E-state index contributed by atoms with van der Waals surface area (Å²) in [5.41, 5.74) is 7.08. The molecule has 0 bridgehead atoms. The van der Waals surface area contributed by atoms with E-state index in [0.717, 1.165) is 5.69 Å². The maximum absolute atomic E-state index is 12.1. The molecule has 0 fully saturated rings. The second-order valence-electron chi connectivity index (χ2n) is 7.10. The van der Waals surface area contributed by atoms with Crippen LogP contribution in [0.1, 0.15) is 24.1 Å². The summed E-state index contributed by atoms with van der Waals surface area (Å²) in [5, 5.41) is 23.3. The maximum atomic E-state index is 12.1. The SMILES string of the molecule is Nc1nc2ncc(CNc3ccc(CC(=O)N[C@@H](CCC(=O)O)C(=O)O)cc3)nc2c(=O)[nH]1. The minimum Gasteiger partial charge on any atom is -0.481 e. The molecule has 13 heteroatoms. The van der Waals surface area contributed by atoms with Gasteiger partial charge in [-0.3, -0.25) is 19.4 Å². The number of aliphatic carboxylic acids is 2. The van der Waals surface area contributed by atoms with Crippen LogP contribution in [0.2, 0.25) is 0 Å². The first-order valence-corrected chi connectivity index (χ1v) is 9.79. The number of nitrogen functional groups attached to an aromatic ring is 1. The van der Waals surface area contributed by atoms with Gasteiger partial charge in [-0.05, 0) is 24.1 Å². The number of rotatable bonds is 10. The normalized spacial score (nSPS) is 11.6. The predicted octanol–water partition coefficient (Wildman–Crippen LogP) is -0.116. The van der Waals surface area contributed by atoms with Crippen molar-refractivity contribution in [3.8, 4) is 0 Å². The number of hydrogen-bond acceptors (Lipinski definition) is 9. The van der Waals surface area contributed by atoms with E-state index in [4.69, 9.17) is 15.9 Å². The number of amides is 1. The molecule has 2 heterocycles. The van der Waals surface area contributed by atoms with Crippen LogP contribution < -0.4 is 21.9 Å². The Balaban J connectivity index is 1.56. The number of carbonyl (C=O) groups is 3. The first-order valence-electron chi connectivity index (χ1n) is 9.79. The lowest BCUT2D eigenvalue weighted by Crippen LogP contribution is -2.41. The molecule has 33 heavy (non-hydrogen) atoms. The molecule has 3 rings (SSSR count). The lowest BCUT2D eigenvalue weighted by atomic mass is 10.1. The molecule has 0 radical (unpaired) electrons. The van der Waals surface area contributed by atoms with Gasteiger partial charge in [0.05, 0.1) is 24.9 Å². The molecule has 13 nitrogen and oxygen atoms in total. The molecule has 0 aliphatic rings. The van der Waals surface area contributed by atoms with Crippen LogP contribution in [0.4, 0.5) is 11.6 Å². The van der Waals surface area contributed by atoms with E-state index in [1.54, 1.807) is 24.3 Å². The lowest BCUT2D eigenvalue weighted by Gasteiger charge is -2.13. The molecule has 0 spiro atoms. The molecule has 172 valence electrons. The van der Waals surface area contributed by atoms with Crippen LogP contribution >= 0.6 is 0 Å². The average Bonchev–Trinajstić information content (AvgIpc) is 2.76. The standard InChI is InChI=1S/C20H21N7O6/c21-20-26-17-16(18(31)27-20)24-12(9-23-17)8-22-11-3-1-10(2-4-11)7-14(28)25-13(19(32)33)5-6-15(29)30/h1-4,9,13,22H,5-8H2,(H,25,28)(H,29,30)(H,32,33)(H3,21,23,26,27,31)/t13-/m0/s1. The van der Waals surface area contributed by atoms with E-state index in [1.165, 1.54) is 6.20 Å². The Morgan fingerprint density at radius 3 is 2.52 bits per heavy atom. The van der Waals surface area contributed by atoms with Crippen molar-refractivity contribution in [3.05, 3.63) is 52.1 Å². The van der Waals surface area contributed by atoms with Crippen LogP contribution in [0, 0.1) is 0 Å². The van der Waals surface area contributed by atoms with Crippen LogP contribution in [0.25, 0.3) is 11.2 Å². The van der Waals surface area contributed by atoms with Gasteiger partial charge < -0.3 is 26.6 Å². The number of aromatic nitrogens is 4. The van der Waals surface area contributed by atoms with Gasteiger partial charge in [0, 0.05) is 12.1 Å². The Kier molecular flexibility index (Phi) is 7.13. The lowest BCUT2D eigenvalue weighted by molar-refractivity contribution is -0.143. The van der Waals surface area contributed by atoms with Crippen molar-refractivity contribution in [1.29, 1.82) is 0 Å². The minimum absolute atomic E-state index is 0.0415. The third kappa shape index (κ3) is 6.46. The first-order chi connectivity index (χ1) is 15.7. The zero-order valence-electron chi connectivity index (χ0n) is 17.2. The molecular formula is C20H21N7O6. The largest absolute Gasteiger partial charge is 0.481 e. The molecule has 0 saturated carbocycles. The van der Waals surface area contributed by atoms with Gasteiger partial charge in [0.1, 0.15) is 6.04 Å². The molecule has 7 N–H and O–H groups in total. The third-order valence-corrected chi connectivity index (χ3v) is 4.56. The van der Waals surface area contributed by atoms with Gasteiger partial charge in [0.25, 0.3) is 5.56 Å².